The Hall–Kier alpha value is -1.36. The summed E-state index contributed by atoms with van der Waals surface area (Å²) >= 11 is 5.36. The number of carbonyl (C=O) groups is 1. The van der Waals surface area contributed by atoms with Crippen LogP contribution in [0.1, 0.15) is 13.8 Å². The molecule has 0 fully saturated rings. The first-order chi connectivity index (χ1) is 7.61. The summed E-state index contributed by atoms with van der Waals surface area (Å²) < 4.78 is 5.39. The van der Waals surface area contributed by atoms with Gasteiger partial charge in [0.05, 0.1) is 6.61 Å². The topological polar surface area (TPSA) is 64.1 Å². The van der Waals surface area contributed by atoms with Crippen LogP contribution in [0.2, 0.25) is 0 Å². The highest BCUT2D eigenvalue weighted by Crippen LogP contribution is 2.11. The minimum atomic E-state index is -0.310. The number of nitrogens with one attached hydrogen (secondary N) is 1. The zero-order valence-corrected chi connectivity index (χ0v) is 9.99. The largest absolute Gasteiger partial charge is 0.477 e. The molecule has 0 spiro atoms. The summed E-state index contributed by atoms with van der Waals surface area (Å²) in [4.78, 5) is 18.8. The average molecular weight is 244 g/mol. The van der Waals surface area contributed by atoms with Crippen molar-refractivity contribution >= 4 is 23.3 Å². The molecular formula is C10H14ClN3O2. The van der Waals surface area contributed by atoms with Gasteiger partial charge in [0.25, 0.3) is 0 Å². The second-order valence-electron chi connectivity index (χ2n) is 3.63. The van der Waals surface area contributed by atoms with Crippen LogP contribution in [0.3, 0.4) is 0 Å². The van der Waals surface area contributed by atoms with Crippen LogP contribution in [0.5, 0.6) is 5.88 Å². The Morgan fingerprint density at radius 1 is 1.56 bits per heavy atom. The molecule has 0 saturated heterocycles. The van der Waals surface area contributed by atoms with Gasteiger partial charge in [0.1, 0.15) is 18.0 Å². The Kier molecular flexibility index (Phi) is 4.98. The van der Waals surface area contributed by atoms with Gasteiger partial charge in [-0.1, -0.05) is 13.8 Å². The van der Waals surface area contributed by atoms with E-state index in [0.29, 0.717) is 24.2 Å². The second-order valence-corrected chi connectivity index (χ2v) is 3.90. The molecule has 0 bridgehead atoms. The van der Waals surface area contributed by atoms with E-state index in [2.05, 4.69) is 15.3 Å². The summed E-state index contributed by atoms with van der Waals surface area (Å²) in [5.74, 6) is 0.825. The Balaban J connectivity index is 2.60. The molecule has 88 valence electrons. The highest BCUT2D eigenvalue weighted by Gasteiger charge is 2.04. The van der Waals surface area contributed by atoms with Crippen LogP contribution < -0.4 is 10.1 Å². The van der Waals surface area contributed by atoms with E-state index in [9.17, 15) is 4.79 Å². The molecule has 1 rings (SSSR count). The van der Waals surface area contributed by atoms with E-state index >= 15 is 0 Å². The van der Waals surface area contributed by atoms with Crippen LogP contribution in [0.4, 0.5) is 5.82 Å². The van der Waals surface area contributed by atoms with Crippen molar-refractivity contribution in [1.82, 2.24) is 9.97 Å². The zero-order valence-electron chi connectivity index (χ0n) is 9.24. The minimum Gasteiger partial charge on any atom is -0.477 e. The van der Waals surface area contributed by atoms with Crippen molar-refractivity contribution in [3.05, 3.63) is 12.4 Å². The molecule has 0 aliphatic carbocycles. The maximum Gasteiger partial charge on any atom is 0.240 e. The molecule has 0 aliphatic rings. The summed E-state index contributed by atoms with van der Waals surface area (Å²) in [6.45, 7) is 4.65. The molecule has 1 aromatic rings. The van der Waals surface area contributed by atoms with Crippen LogP contribution in [-0.4, -0.2) is 28.4 Å². The number of carbonyl (C=O) groups excluding carboxylic acids is 1. The lowest BCUT2D eigenvalue weighted by atomic mass is 10.2. The molecule has 1 N–H and O–H groups in total. The quantitative estimate of drug-likeness (QED) is 0.800. The molecule has 0 aromatic carbocycles. The number of nitrogens with zero attached hydrogens (tertiary/aromatic N) is 2. The Bertz CT molecular complexity index is 358. The first kappa shape index (κ1) is 12.7. The Labute approximate surface area is 99.2 Å². The van der Waals surface area contributed by atoms with Crippen molar-refractivity contribution in [2.75, 3.05) is 17.8 Å². The summed E-state index contributed by atoms with van der Waals surface area (Å²) in [6.07, 6.45) is 1.33. The molecule has 16 heavy (non-hydrogen) atoms. The molecule has 0 radical (unpaired) electrons. The smallest absolute Gasteiger partial charge is 0.240 e. The number of rotatable bonds is 5. The van der Waals surface area contributed by atoms with E-state index in [1.54, 1.807) is 6.07 Å². The van der Waals surface area contributed by atoms with Crippen molar-refractivity contribution < 1.29 is 9.53 Å². The maximum atomic E-state index is 11.0. The van der Waals surface area contributed by atoms with Gasteiger partial charge in [-0.05, 0) is 5.92 Å². The molecule has 0 saturated carbocycles. The third-order valence-electron chi connectivity index (χ3n) is 1.60. The number of hydrogen-bond donors (Lipinski definition) is 1. The third-order valence-corrected chi connectivity index (χ3v) is 1.84. The van der Waals surface area contributed by atoms with Gasteiger partial charge in [-0.2, -0.15) is 0 Å². The highest BCUT2D eigenvalue weighted by atomic mass is 35.5. The third kappa shape index (κ3) is 4.44. The van der Waals surface area contributed by atoms with Gasteiger partial charge in [-0.25, -0.2) is 9.97 Å². The zero-order chi connectivity index (χ0) is 12.0. The standard InChI is InChI=1S/C10H14ClN3O2/c1-7(2)5-16-10-3-8(12-6-13-10)14-9(15)4-11/h3,6-7H,4-5H2,1-2H3,(H,12,13,14,15). The van der Waals surface area contributed by atoms with Crippen LogP contribution in [-0.2, 0) is 4.79 Å². The van der Waals surface area contributed by atoms with E-state index in [-0.39, 0.29) is 11.8 Å². The molecule has 0 atom stereocenters. The van der Waals surface area contributed by atoms with E-state index in [4.69, 9.17) is 16.3 Å². The average Bonchev–Trinajstić information content (AvgIpc) is 2.26. The molecule has 0 unspecified atom stereocenters. The monoisotopic (exact) mass is 243 g/mol. The first-order valence-corrected chi connectivity index (χ1v) is 5.46. The molecule has 6 heteroatoms. The SMILES string of the molecule is CC(C)COc1cc(NC(=O)CCl)ncn1. The van der Waals surface area contributed by atoms with Crippen molar-refractivity contribution in [3.63, 3.8) is 0 Å². The summed E-state index contributed by atoms with van der Waals surface area (Å²) in [6, 6.07) is 1.56. The predicted molar refractivity (Wildman–Crippen MR) is 61.7 cm³/mol. The number of halogens is 1. The van der Waals surface area contributed by atoms with Gasteiger partial charge in [0, 0.05) is 6.07 Å². The summed E-state index contributed by atoms with van der Waals surface area (Å²) in [5.41, 5.74) is 0. The lowest BCUT2D eigenvalue weighted by Crippen LogP contribution is -2.14. The molecule has 1 heterocycles. The number of alkyl halides is 1. The summed E-state index contributed by atoms with van der Waals surface area (Å²) in [7, 11) is 0. The van der Waals surface area contributed by atoms with E-state index in [1.165, 1.54) is 6.33 Å². The van der Waals surface area contributed by atoms with E-state index < -0.39 is 0 Å². The van der Waals surface area contributed by atoms with Crippen LogP contribution >= 0.6 is 11.6 Å². The van der Waals surface area contributed by atoms with Crippen LogP contribution in [0.25, 0.3) is 0 Å². The van der Waals surface area contributed by atoms with Crippen molar-refractivity contribution in [1.29, 1.82) is 0 Å². The maximum absolute atomic E-state index is 11.0. The van der Waals surface area contributed by atoms with Gasteiger partial charge in [-0.3, -0.25) is 4.79 Å². The van der Waals surface area contributed by atoms with Gasteiger partial charge in [0.2, 0.25) is 11.8 Å². The van der Waals surface area contributed by atoms with Gasteiger partial charge < -0.3 is 10.1 Å². The normalized spacial score (nSPS) is 10.2. The van der Waals surface area contributed by atoms with Gasteiger partial charge in [-0.15, -0.1) is 11.6 Å². The van der Waals surface area contributed by atoms with Gasteiger partial charge in [0.15, 0.2) is 0 Å². The summed E-state index contributed by atoms with van der Waals surface area (Å²) in [5, 5.41) is 2.52. The van der Waals surface area contributed by atoms with Gasteiger partial charge >= 0.3 is 0 Å². The van der Waals surface area contributed by atoms with Crippen LogP contribution in [0.15, 0.2) is 12.4 Å². The molecule has 0 aliphatic heterocycles. The lowest BCUT2D eigenvalue weighted by Gasteiger charge is -2.08. The number of anilines is 1. The number of amides is 1. The lowest BCUT2D eigenvalue weighted by molar-refractivity contribution is -0.113. The van der Waals surface area contributed by atoms with Crippen molar-refractivity contribution in [3.8, 4) is 5.88 Å². The van der Waals surface area contributed by atoms with Crippen molar-refractivity contribution in [2.45, 2.75) is 13.8 Å². The number of aromatic nitrogens is 2. The Morgan fingerprint density at radius 2 is 2.31 bits per heavy atom. The fraction of sp³-hybridized carbons (Fsp3) is 0.500. The fourth-order valence-electron chi connectivity index (χ4n) is 0.915. The van der Waals surface area contributed by atoms with Crippen LogP contribution in [0, 0.1) is 5.92 Å². The molecule has 1 amide bonds. The Morgan fingerprint density at radius 3 is 2.94 bits per heavy atom. The van der Waals surface area contributed by atoms with E-state index in [0.717, 1.165) is 0 Å². The highest BCUT2D eigenvalue weighted by molar-refractivity contribution is 6.28. The number of hydrogen-bond acceptors (Lipinski definition) is 4. The minimum absolute atomic E-state index is 0.105. The fourth-order valence-corrected chi connectivity index (χ4v) is 0.982. The molecule has 5 nitrogen and oxygen atoms in total. The van der Waals surface area contributed by atoms with E-state index in [1.807, 2.05) is 13.8 Å². The van der Waals surface area contributed by atoms with Crippen molar-refractivity contribution in [2.24, 2.45) is 5.92 Å². The predicted octanol–water partition coefficient (Wildman–Crippen LogP) is 1.69. The number of ether oxygens (including phenoxy) is 1. The second kappa shape index (κ2) is 6.27. The molecule has 1 aromatic heterocycles. The molecular weight excluding hydrogens is 230 g/mol. The first-order valence-electron chi connectivity index (χ1n) is 4.92.